The third-order valence-electron chi connectivity index (χ3n) is 3.68. The molecule has 1 saturated heterocycles. The second-order valence-electron chi connectivity index (χ2n) is 4.43. The van der Waals surface area contributed by atoms with E-state index in [1.165, 1.54) is 25.9 Å². The Hall–Kier alpha value is -0.760. The Morgan fingerprint density at radius 1 is 1.00 bits per heavy atom. The van der Waals surface area contributed by atoms with Crippen LogP contribution in [0.15, 0.2) is 24.5 Å². The maximum Gasteiger partial charge on any atom is 0.0337 e. The molecule has 1 saturated carbocycles. The minimum Gasteiger partial charge on any atom is -0.351 e. The highest BCUT2D eigenvalue weighted by atomic mass is 15.0. The fourth-order valence-electron chi connectivity index (χ4n) is 2.97. The fourth-order valence-corrected chi connectivity index (χ4v) is 2.97. The lowest BCUT2D eigenvalue weighted by Gasteiger charge is -2.13. The second kappa shape index (κ2) is 2.88. The van der Waals surface area contributed by atoms with Gasteiger partial charge in [-0.3, -0.25) is 0 Å². The van der Waals surface area contributed by atoms with Gasteiger partial charge in [-0.15, -0.1) is 0 Å². The number of hydrogen-bond donors (Lipinski definition) is 1. The van der Waals surface area contributed by atoms with E-state index in [9.17, 15) is 0 Å². The quantitative estimate of drug-likeness (QED) is 0.688. The van der Waals surface area contributed by atoms with E-state index in [-0.39, 0.29) is 0 Å². The highest BCUT2D eigenvalue weighted by Gasteiger charge is 2.37. The van der Waals surface area contributed by atoms with E-state index in [0.29, 0.717) is 0 Å². The summed E-state index contributed by atoms with van der Waals surface area (Å²) >= 11 is 0. The van der Waals surface area contributed by atoms with Crippen LogP contribution in [0.3, 0.4) is 0 Å². The molecule has 0 aromatic carbocycles. The number of hydrogen-bond acceptors (Lipinski definition) is 1. The molecule has 2 unspecified atom stereocenters. The predicted molar refractivity (Wildman–Crippen MR) is 52.6 cm³/mol. The summed E-state index contributed by atoms with van der Waals surface area (Å²) in [6.07, 6.45) is 7.18. The average Bonchev–Trinajstić information content (AvgIpc) is 2.78. The van der Waals surface area contributed by atoms with Crippen molar-refractivity contribution < 1.29 is 0 Å². The molecule has 3 rings (SSSR count). The van der Waals surface area contributed by atoms with Gasteiger partial charge in [0.15, 0.2) is 0 Å². The van der Waals surface area contributed by atoms with Crippen LogP contribution in [0.2, 0.25) is 0 Å². The van der Waals surface area contributed by atoms with Crippen LogP contribution >= 0.6 is 0 Å². The first-order valence-electron chi connectivity index (χ1n) is 5.26. The first kappa shape index (κ1) is 7.63. The van der Waals surface area contributed by atoms with Crippen molar-refractivity contribution in [3.63, 3.8) is 0 Å². The Kier molecular flexibility index (Phi) is 1.69. The molecule has 1 aromatic rings. The summed E-state index contributed by atoms with van der Waals surface area (Å²) in [4.78, 5) is 0. The van der Waals surface area contributed by atoms with E-state index >= 15 is 0 Å². The number of nitrogens with zero attached hydrogens (tertiary/aromatic N) is 1. The van der Waals surface area contributed by atoms with Gasteiger partial charge in [-0.1, -0.05) is 0 Å². The third-order valence-corrected chi connectivity index (χ3v) is 3.68. The molecule has 0 spiro atoms. The molecule has 1 aromatic heterocycles. The van der Waals surface area contributed by atoms with E-state index in [2.05, 4.69) is 34.4 Å². The van der Waals surface area contributed by atoms with Gasteiger partial charge in [-0.25, -0.2) is 0 Å². The molecule has 2 heterocycles. The minimum absolute atomic E-state index is 0.784. The van der Waals surface area contributed by atoms with Crippen molar-refractivity contribution in [2.75, 3.05) is 13.1 Å². The van der Waals surface area contributed by atoms with Crippen LogP contribution < -0.4 is 5.32 Å². The molecular formula is C11H16N2. The zero-order valence-corrected chi connectivity index (χ0v) is 7.82. The molecular weight excluding hydrogens is 160 g/mol. The molecule has 1 aliphatic heterocycles. The Balaban J connectivity index is 1.76. The number of rotatable bonds is 1. The lowest BCUT2D eigenvalue weighted by molar-refractivity contribution is 0.475. The van der Waals surface area contributed by atoms with E-state index in [4.69, 9.17) is 0 Å². The fraction of sp³-hybridized carbons (Fsp3) is 0.636. The van der Waals surface area contributed by atoms with Gasteiger partial charge < -0.3 is 9.88 Å². The van der Waals surface area contributed by atoms with Crippen molar-refractivity contribution in [3.8, 4) is 0 Å². The molecule has 2 aliphatic rings. The molecule has 2 fully saturated rings. The summed E-state index contributed by atoms with van der Waals surface area (Å²) < 4.78 is 2.39. The minimum atomic E-state index is 0.784. The van der Waals surface area contributed by atoms with Crippen LogP contribution in [0.25, 0.3) is 0 Å². The first-order valence-corrected chi connectivity index (χ1v) is 5.26. The predicted octanol–water partition coefficient (Wildman–Crippen LogP) is 1.66. The Bertz CT molecular complexity index is 266. The van der Waals surface area contributed by atoms with Crippen molar-refractivity contribution in [3.05, 3.63) is 24.5 Å². The Morgan fingerprint density at radius 2 is 1.62 bits per heavy atom. The third kappa shape index (κ3) is 1.20. The van der Waals surface area contributed by atoms with Gasteiger partial charge in [-0.05, 0) is 49.9 Å². The summed E-state index contributed by atoms with van der Waals surface area (Å²) in [6, 6.07) is 5.05. The van der Waals surface area contributed by atoms with Gasteiger partial charge in [0.05, 0.1) is 0 Å². The van der Waals surface area contributed by atoms with Crippen LogP contribution in [0, 0.1) is 11.8 Å². The van der Waals surface area contributed by atoms with Gasteiger partial charge in [0.2, 0.25) is 0 Å². The molecule has 2 heteroatoms. The SMILES string of the molecule is c1ccn(C2CC3CNCC3C2)c1. The van der Waals surface area contributed by atoms with E-state index in [0.717, 1.165) is 17.9 Å². The van der Waals surface area contributed by atoms with E-state index in [1.807, 2.05) is 0 Å². The molecule has 0 radical (unpaired) electrons. The highest BCUT2D eigenvalue weighted by molar-refractivity contribution is 4.99. The lowest BCUT2D eigenvalue weighted by atomic mass is 10.0. The van der Waals surface area contributed by atoms with E-state index in [1.54, 1.807) is 0 Å². The van der Waals surface area contributed by atoms with Crippen molar-refractivity contribution >= 4 is 0 Å². The van der Waals surface area contributed by atoms with Gasteiger partial charge in [0, 0.05) is 18.4 Å². The lowest BCUT2D eigenvalue weighted by Crippen LogP contribution is -2.13. The van der Waals surface area contributed by atoms with Crippen LogP contribution in [-0.2, 0) is 0 Å². The van der Waals surface area contributed by atoms with Gasteiger partial charge in [0.25, 0.3) is 0 Å². The smallest absolute Gasteiger partial charge is 0.0337 e. The second-order valence-corrected chi connectivity index (χ2v) is 4.43. The Morgan fingerprint density at radius 3 is 2.23 bits per heavy atom. The summed E-state index contributed by atoms with van der Waals surface area (Å²) in [6.45, 7) is 2.50. The standard InChI is InChI=1S/C11H16N2/c1-2-4-13(3-1)11-5-9-7-12-8-10(9)6-11/h1-4,9-12H,5-8H2. The van der Waals surface area contributed by atoms with Crippen molar-refractivity contribution in [1.82, 2.24) is 9.88 Å². The maximum atomic E-state index is 3.48. The van der Waals surface area contributed by atoms with Crippen LogP contribution in [0.5, 0.6) is 0 Å². The normalized spacial score (nSPS) is 38.0. The number of aromatic nitrogens is 1. The summed E-state index contributed by atoms with van der Waals surface area (Å²) in [5.41, 5.74) is 0. The van der Waals surface area contributed by atoms with Crippen LogP contribution in [0.1, 0.15) is 18.9 Å². The number of fused-ring (bicyclic) bond motifs is 1. The monoisotopic (exact) mass is 176 g/mol. The molecule has 13 heavy (non-hydrogen) atoms. The van der Waals surface area contributed by atoms with Gasteiger partial charge in [0.1, 0.15) is 0 Å². The molecule has 2 nitrogen and oxygen atoms in total. The summed E-state index contributed by atoms with van der Waals surface area (Å²) in [5.74, 6) is 1.90. The van der Waals surface area contributed by atoms with Crippen LogP contribution in [-0.4, -0.2) is 17.7 Å². The van der Waals surface area contributed by atoms with E-state index < -0.39 is 0 Å². The topological polar surface area (TPSA) is 17.0 Å². The van der Waals surface area contributed by atoms with Crippen molar-refractivity contribution in [1.29, 1.82) is 0 Å². The maximum absolute atomic E-state index is 3.48. The zero-order valence-electron chi connectivity index (χ0n) is 7.82. The molecule has 2 atom stereocenters. The summed E-state index contributed by atoms with van der Waals surface area (Å²) in [5, 5.41) is 3.48. The first-order chi connectivity index (χ1) is 6.43. The highest BCUT2D eigenvalue weighted by Crippen LogP contribution is 2.41. The van der Waals surface area contributed by atoms with Crippen LogP contribution in [0.4, 0.5) is 0 Å². The largest absolute Gasteiger partial charge is 0.351 e. The van der Waals surface area contributed by atoms with Crippen molar-refractivity contribution in [2.45, 2.75) is 18.9 Å². The van der Waals surface area contributed by atoms with Crippen molar-refractivity contribution in [2.24, 2.45) is 11.8 Å². The number of nitrogens with one attached hydrogen (secondary N) is 1. The summed E-state index contributed by atoms with van der Waals surface area (Å²) in [7, 11) is 0. The molecule has 0 bridgehead atoms. The molecule has 1 N–H and O–H groups in total. The molecule has 70 valence electrons. The Labute approximate surface area is 78.9 Å². The van der Waals surface area contributed by atoms with Gasteiger partial charge >= 0.3 is 0 Å². The van der Waals surface area contributed by atoms with Gasteiger partial charge in [-0.2, -0.15) is 0 Å². The molecule has 0 amide bonds. The zero-order chi connectivity index (χ0) is 8.67. The molecule has 1 aliphatic carbocycles. The average molecular weight is 176 g/mol.